The van der Waals surface area contributed by atoms with E-state index in [1.165, 1.54) is 0 Å². The number of benzene rings is 3. The van der Waals surface area contributed by atoms with Gasteiger partial charge in [-0.15, -0.1) is 0 Å². The largest absolute Gasteiger partial charge is 0.481 e. The third-order valence-electron chi connectivity index (χ3n) is 3.21. The lowest BCUT2D eigenvalue weighted by Gasteiger charge is -2.10. The van der Waals surface area contributed by atoms with Crippen molar-refractivity contribution in [2.45, 2.75) is 0 Å². The molecule has 0 radical (unpaired) electrons. The van der Waals surface area contributed by atoms with Gasteiger partial charge in [-0.05, 0) is 45.6 Å². The van der Waals surface area contributed by atoms with Crippen molar-refractivity contribution in [3.63, 3.8) is 0 Å². The van der Waals surface area contributed by atoms with E-state index >= 15 is 0 Å². The first kappa shape index (κ1) is 15.8. The lowest BCUT2D eigenvalue weighted by atomic mass is 10.1. The molecule has 5 heteroatoms. The Kier molecular flexibility index (Phi) is 4.84. The Labute approximate surface area is 146 Å². The van der Waals surface area contributed by atoms with E-state index in [9.17, 15) is 4.79 Å². The van der Waals surface area contributed by atoms with Crippen LogP contribution < -0.4 is 9.47 Å². The topological polar surface area (TPSA) is 35.5 Å². The van der Waals surface area contributed by atoms with E-state index in [2.05, 4.69) is 15.9 Å². The van der Waals surface area contributed by atoms with E-state index in [4.69, 9.17) is 21.1 Å². The van der Waals surface area contributed by atoms with Gasteiger partial charge in [-0.25, -0.2) is 4.79 Å². The van der Waals surface area contributed by atoms with Gasteiger partial charge >= 0.3 is 5.97 Å². The van der Waals surface area contributed by atoms with E-state index in [-0.39, 0.29) is 6.61 Å². The molecule has 0 saturated carbocycles. The van der Waals surface area contributed by atoms with Crippen LogP contribution in [0.1, 0.15) is 0 Å². The highest BCUT2D eigenvalue weighted by Crippen LogP contribution is 2.28. The molecule has 0 spiro atoms. The van der Waals surface area contributed by atoms with Crippen LogP contribution >= 0.6 is 27.5 Å². The third-order valence-corrected chi connectivity index (χ3v) is 4.07. The smallest absolute Gasteiger partial charge is 0.349 e. The second-order valence-electron chi connectivity index (χ2n) is 4.81. The zero-order valence-corrected chi connectivity index (χ0v) is 14.3. The minimum absolute atomic E-state index is 0.178. The molecular weight excluding hydrogens is 380 g/mol. The summed E-state index contributed by atoms with van der Waals surface area (Å²) in [6, 6.07) is 18.5. The van der Waals surface area contributed by atoms with Crippen LogP contribution in [0.4, 0.5) is 0 Å². The molecule has 0 N–H and O–H groups in total. The predicted octanol–water partition coefficient (Wildman–Crippen LogP) is 5.24. The monoisotopic (exact) mass is 390 g/mol. The summed E-state index contributed by atoms with van der Waals surface area (Å²) in [5, 5.41) is 2.57. The molecule has 23 heavy (non-hydrogen) atoms. The van der Waals surface area contributed by atoms with Crippen LogP contribution in [0.25, 0.3) is 10.8 Å². The van der Waals surface area contributed by atoms with Gasteiger partial charge in [0.2, 0.25) is 0 Å². The summed E-state index contributed by atoms with van der Waals surface area (Å²) in [6.45, 7) is -0.178. The van der Waals surface area contributed by atoms with Crippen LogP contribution in [0.3, 0.4) is 0 Å². The van der Waals surface area contributed by atoms with Crippen molar-refractivity contribution in [1.29, 1.82) is 0 Å². The highest BCUT2D eigenvalue weighted by atomic mass is 79.9. The highest BCUT2D eigenvalue weighted by molar-refractivity contribution is 9.10. The molecule has 116 valence electrons. The second-order valence-corrected chi connectivity index (χ2v) is 6.11. The summed E-state index contributed by atoms with van der Waals surface area (Å²) in [7, 11) is 0. The first-order chi connectivity index (χ1) is 11.1. The Balaban J connectivity index is 1.69. The Morgan fingerprint density at radius 3 is 2.61 bits per heavy atom. The number of rotatable bonds is 4. The average Bonchev–Trinajstić information content (AvgIpc) is 2.55. The molecule has 3 aromatic carbocycles. The summed E-state index contributed by atoms with van der Waals surface area (Å²) >= 11 is 9.16. The number of fused-ring (bicyclic) bond motifs is 1. The number of esters is 1. The van der Waals surface area contributed by atoms with Crippen molar-refractivity contribution in [2.75, 3.05) is 6.61 Å². The van der Waals surface area contributed by atoms with Crippen molar-refractivity contribution in [1.82, 2.24) is 0 Å². The lowest BCUT2D eigenvalue weighted by Crippen LogP contribution is -2.18. The van der Waals surface area contributed by atoms with Crippen molar-refractivity contribution >= 4 is 44.3 Å². The fourth-order valence-electron chi connectivity index (χ4n) is 2.17. The van der Waals surface area contributed by atoms with Crippen LogP contribution in [0.2, 0.25) is 5.02 Å². The van der Waals surface area contributed by atoms with Crippen LogP contribution in [-0.4, -0.2) is 12.6 Å². The molecule has 0 aliphatic carbocycles. The van der Waals surface area contributed by atoms with Crippen molar-refractivity contribution in [3.8, 4) is 11.5 Å². The van der Waals surface area contributed by atoms with Crippen molar-refractivity contribution < 1.29 is 14.3 Å². The van der Waals surface area contributed by atoms with Crippen molar-refractivity contribution in [2.24, 2.45) is 0 Å². The van der Waals surface area contributed by atoms with Crippen LogP contribution in [0, 0.1) is 0 Å². The standard InChI is InChI=1S/C18H12BrClO3/c19-15-10-13(20)8-9-17(15)23-18(21)11-22-16-7-3-5-12-4-1-2-6-14(12)16/h1-10H,11H2. The van der Waals surface area contributed by atoms with Gasteiger partial charge in [0.05, 0.1) is 4.47 Å². The van der Waals surface area contributed by atoms with Crippen molar-refractivity contribution in [3.05, 3.63) is 70.2 Å². The molecule has 0 unspecified atom stereocenters. The van der Waals surface area contributed by atoms with Crippen LogP contribution in [-0.2, 0) is 4.79 Å². The van der Waals surface area contributed by atoms with E-state index in [1.807, 2.05) is 42.5 Å². The molecule has 0 amide bonds. The number of ether oxygens (including phenoxy) is 2. The van der Waals surface area contributed by atoms with E-state index in [0.717, 1.165) is 10.8 Å². The number of carbonyl (C=O) groups is 1. The van der Waals surface area contributed by atoms with Gasteiger partial charge in [-0.2, -0.15) is 0 Å². The quantitative estimate of drug-likeness (QED) is 0.451. The number of hydrogen-bond donors (Lipinski definition) is 0. The maximum absolute atomic E-state index is 12.0. The molecule has 0 bridgehead atoms. The van der Waals surface area contributed by atoms with E-state index in [1.54, 1.807) is 18.2 Å². The number of halogens is 2. The van der Waals surface area contributed by atoms with Gasteiger partial charge < -0.3 is 9.47 Å². The van der Waals surface area contributed by atoms with Gasteiger partial charge in [0.15, 0.2) is 6.61 Å². The van der Waals surface area contributed by atoms with Gasteiger partial charge in [-0.1, -0.05) is 48.0 Å². The SMILES string of the molecule is O=C(COc1cccc2ccccc12)Oc1ccc(Cl)cc1Br. The Bertz CT molecular complexity index is 859. The van der Waals surface area contributed by atoms with Gasteiger partial charge in [0, 0.05) is 10.4 Å². The summed E-state index contributed by atoms with van der Waals surface area (Å²) in [4.78, 5) is 12.0. The number of carbonyl (C=O) groups excluding carboxylic acids is 1. The minimum Gasteiger partial charge on any atom is -0.481 e. The Morgan fingerprint density at radius 2 is 1.78 bits per heavy atom. The Morgan fingerprint density at radius 1 is 1.00 bits per heavy atom. The molecule has 0 atom stereocenters. The summed E-state index contributed by atoms with van der Waals surface area (Å²) in [5.74, 6) is 0.567. The number of hydrogen-bond acceptors (Lipinski definition) is 3. The van der Waals surface area contributed by atoms with E-state index < -0.39 is 5.97 Å². The second kappa shape index (κ2) is 7.02. The molecule has 0 heterocycles. The maximum atomic E-state index is 12.0. The van der Waals surface area contributed by atoms with Gasteiger partial charge in [-0.3, -0.25) is 0 Å². The third kappa shape index (κ3) is 3.84. The molecule has 3 nitrogen and oxygen atoms in total. The first-order valence-electron chi connectivity index (χ1n) is 6.90. The van der Waals surface area contributed by atoms with Gasteiger partial charge in [0.1, 0.15) is 11.5 Å². The normalized spacial score (nSPS) is 10.5. The maximum Gasteiger partial charge on any atom is 0.349 e. The predicted molar refractivity (Wildman–Crippen MR) is 94.2 cm³/mol. The summed E-state index contributed by atoms with van der Waals surface area (Å²) in [6.07, 6.45) is 0. The highest BCUT2D eigenvalue weighted by Gasteiger charge is 2.10. The Hall–Kier alpha value is -2.04. The van der Waals surface area contributed by atoms with E-state index in [0.29, 0.717) is 21.0 Å². The molecule has 0 aliphatic heterocycles. The first-order valence-corrected chi connectivity index (χ1v) is 8.07. The molecule has 0 saturated heterocycles. The molecule has 0 fully saturated rings. The fourth-order valence-corrected chi connectivity index (χ4v) is 2.93. The molecular formula is C18H12BrClO3. The molecule has 3 rings (SSSR count). The molecule has 0 aliphatic rings. The molecule has 0 aromatic heterocycles. The summed E-state index contributed by atoms with van der Waals surface area (Å²) < 4.78 is 11.5. The summed E-state index contributed by atoms with van der Waals surface area (Å²) in [5.41, 5.74) is 0. The fraction of sp³-hybridized carbons (Fsp3) is 0.0556. The molecule has 3 aromatic rings. The van der Waals surface area contributed by atoms with Gasteiger partial charge in [0.25, 0.3) is 0 Å². The average molecular weight is 392 g/mol. The zero-order chi connectivity index (χ0) is 16.2. The van der Waals surface area contributed by atoms with Crippen LogP contribution in [0.5, 0.6) is 11.5 Å². The lowest BCUT2D eigenvalue weighted by molar-refractivity contribution is -0.136. The zero-order valence-electron chi connectivity index (χ0n) is 12.0. The van der Waals surface area contributed by atoms with Crippen LogP contribution in [0.15, 0.2) is 65.1 Å². The minimum atomic E-state index is -0.485.